The van der Waals surface area contributed by atoms with Crippen LogP contribution in [0.2, 0.25) is 0 Å². The molecule has 0 aliphatic carbocycles. The molecule has 5 heteroatoms. The number of hydrogen-bond donors (Lipinski definition) is 2. The molecule has 0 heterocycles. The number of alkyl carbamates (subject to hydrolysis) is 1. The summed E-state index contributed by atoms with van der Waals surface area (Å²) < 4.78 is 5.02. The highest BCUT2D eigenvalue weighted by Crippen LogP contribution is 2.06. The van der Waals surface area contributed by atoms with Gasteiger partial charge in [-0.15, -0.1) is 0 Å². The molecule has 0 spiro atoms. The molecule has 0 fully saturated rings. The quantitative estimate of drug-likeness (QED) is 0.720. The fourth-order valence-electron chi connectivity index (χ4n) is 0.873. The highest BCUT2D eigenvalue weighted by molar-refractivity contribution is 5.79. The van der Waals surface area contributed by atoms with Crippen LogP contribution < -0.4 is 5.32 Å². The lowest BCUT2D eigenvalue weighted by molar-refractivity contribution is -0.131. The Kier molecular flexibility index (Phi) is 5.56. The Morgan fingerprint density at radius 3 is 2.44 bits per heavy atom. The summed E-state index contributed by atoms with van der Waals surface area (Å²) >= 11 is 0. The number of carbonyl (C=O) groups excluding carboxylic acids is 1. The monoisotopic (exact) mass is 229 g/mol. The second kappa shape index (κ2) is 6.15. The standard InChI is InChI=1S/C11H19NO4/c1-8(5-6-9(13)14)7-12-10(15)16-11(2,3)4/h5-6,8H,7H2,1-4H3,(H,12,15)(H,13,14)/b6-5+/t8-/m1/s1. The summed E-state index contributed by atoms with van der Waals surface area (Å²) in [5.41, 5.74) is -0.524. The summed E-state index contributed by atoms with van der Waals surface area (Å²) in [6.45, 7) is 7.48. The van der Waals surface area contributed by atoms with Crippen LogP contribution in [0.1, 0.15) is 27.7 Å². The Hall–Kier alpha value is -1.52. The normalized spacial score (nSPS) is 13.5. The molecule has 0 aliphatic heterocycles. The summed E-state index contributed by atoms with van der Waals surface area (Å²) in [6, 6.07) is 0. The number of carboxylic acids is 1. The molecule has 0 unspecified atom stereocenters. The molecule has 92 valence electrons. The van der Waals surface area contributed by atoms with Crippen molar-refractivity contribution < 1.29 is 19.4 Å². The van der Waals surface area contributed by atoms with Crippen LogP contribution in [0.25, 0.3) is 0 Å². The van der Waals surface area contributed by atoms with E-state index in [9.17, 15) is 9.59 Å². The maximum absolute atomic E-state index is 11.2. The van der Waals surface area contributed by atoms with Gasteiger partial charge in [0.25, 0.3) is 0 Å². The van der Waals surface area contributed by atoms with Crippen molar-refractivity contribution in [3.8, 4) is 0 Å². The predicted molar refractivity (Wildman–Crippen MR) is 60.2 cm³/mol. The number of nitrogens with one attached hydrogen (secondary N) is 1. The highest BCUT2D eigenvalue weighted by atomic mass is 16.6. The molecule has 0 aromatic heterocycles. The van der Waals surface area contributed by atoms with Gasteiger partial charge in [0.15, 0.2) is 0 Å². The number of amides is 1. The van der Waals surface area contributed by atoms with Crippen molar-refractivity contribution in [2.24, 2.45) is 5.92 Å². The highest BCUT2D eigenvalue weighted by Gasteiger charge is 2.15. The number of carboxylic acid groups (broad SMARTS) is 1. The molecular formula is C11H19NO4. The Balaban J connectivity index is 3.88. The first-order valence-corrected chi connectivity index (χ1v) is 5.08. The van der Waals surface area contributed by atoms with E-state index in [0.717, 1.165) is 6.08 Å². The van der Waals surface area contributed by atoms with E-state index in [4.69, 9.17) is 9.84 Å². The second-order valence-corrected chi connectivity index (χ2v) is 4.56. The van der Waals surface area contributed by atoms with Crippen LogP contribution in [0, 0.1) is 5.92 Å². The number of hydrogen-bond acceptors (Lipinski definition) is 3. The topological polar surface area (TPSA) is 75.6 Å². The third-order valence-corrected chi connectivity index (χ3v) is 1.53. The zero-order valence-electron chi connectivity index (χ0n) is 10.1. The van der Waals surface area contributed by atoms with Gasteiger partial charge in [-0.25, -0.2) is 9.59 Å². The van der Waals surface area contributed by atoms with Gasteiger partial charge in [0, 0.05) is 12.6 Å². The molecule has 1 atom stereocenters. The smallest absolute Gasteiger partial charge is 0.407 e. The average Bonchev–Trinajstić information content (AvgIpc) is 2.08. The summed E-state index contributed by atoms with van der Waals surface area (Å²) in [5, 5.41) is 11.0. The molecule has 5 nitrogen and oxygen atoms in total. The molecule has 0 saturated heterocycles. The van der Waals surface area contributed by atoms with Crippen LogP contribution in [0.4, 0.5) is 4.79 Å². The van der Waals surface area contributed by atoms with Gasteiger partial charge >= 0.3 is 12.1 Å². The minimum atomic E-state index is -0.996. The number of aliphatic carboxylic acids is 1. The van der Waals surface area contributed by atoms with Crippen LogP contribution in [0.15, 0.2) is 12.2 Å². The lowest BCUT2D eigenvalue weighted by Gasteiger charge is -2.20. The van der Waals surface area contributed by atoms with Crippen LogP contribution in [-0.4, -0.2) is 29.3 Å². The van der Waals surface area contributed by atoms with Gasteiger partial charge in [-0.1, -0.05) is 13.0 Å². The molecule has 2 N–H and O–H groups in total. The van der Waals surface area contributed by atoms with Crippen molar-refractivity contribution in [3.63, 3.8) is 0 Å². The molecule has 0 saturated carbocycles. The van der Waals surface area contributed by atoms with Gasteiger partial charge in [-0.3, -0.25) is 0 Å². The lowest BCUT2D eigenvalue weighted by Crippen LogP contribution is -2.34. The maximum atomic E-state index is 11.2. The molecule has 1 amide bonds. The molecule has 0 bridgehead atoms. The van der Waals surface area contributed by atoms with Crippen molar-refractivity contribution in [1.29, 1.82) is 0 Å². The van der Waals surface area contributed by atoms with Gasteiger partial charge in [0.2, 0.25) is 0 Å². The first-order valence-electron chi connectivity index (χ1n) is 5.08. The van der Waals surface area contributed by atoms with E-state index in [1.807, 2.05) is 0 Å². The van der Waals surface area contributed by atoms with Crippen molar-refractivity contribution in [3.05, 3.63) is 12.2 Å². The minimum absolute atomic E-state index is 0.0522. The first-order chi connectivity index (χ1) is 7.20. The summed E-state index contributed by atoms with van der Waals surface area (Å²) in [7, 11) is 0. The minimum Gasteiger partial charge on any atom is -0.478 e. The Morgan fingerprint density at radius 2 is 2.00 bits per heavy atom. The van der Waals surface area contributed by atoms with Crippen molar-refractivity contribution in [1.82, 2.24) is 5.32 Å². The zero-order valence-corrected chi connectivity index (χ0v) is 10.1. The van der Waals surface area contributed by atoms with Gasteiger partial charge in [0.05, 0.1) is 0 Å². The van der Waals surface area contributed by atoms with E-state index in [1.165, 1.54) is 6.08 Å². The number of carbonyl (C=O) groups is 2. The van der Waals surface area contributed by atoms with E-state index in [0.29, 0.717) is 6.54 Å². The van der Waals surface area contributed by atoms with Crippen LogP contribution >= 0.6 is 0 Å². The van der Waals surface area contributed by atoms with E-state index < -0.39 is 17.7 Å². The van der Waals surface area contributed by atoms with E-state index >= 15 is 0 Å². The molecular weight excluding hydrogens is 210 g/mol. The van der Waals surface area contributed by atoms with Crippen LogP contribution in [-0.2, 0) is 9.53 Å². The van der Waals surface area contributed by atoms with Crippen molar-refractivity contribution in [2.45, 2.75) is 33.3 Å². The van der Waals surface area contributed by atoms with Crippen LogP contribution in [0.5, 0.6) is 0 Å². The summed E-state index contributed by atoms with van der Waals surface area (Å²) in [4.78, 5) is 21.5. The van der Waals surface area contributed by atoms with Crippen LogP contribution in [0.3, 0.4) is 0 Å². The van der Waals surface area contributed by atoms with E-state index in [1.54, 1.807) is 27.7 Å². The van der Waals surface area contributed by atoms with Gasteiger partial charge < -0.3 is 15.2 Å². The Morgan fingerprint density at radius 1 is 1.44 bits per heavy atom. The van der Waals surface area contributed by atoms with Gasteiger partial charge in [-0.05, 0) is 26.7 Å². The van der Waals surface area contributed by atoms with E-state index in [2.05, 4.69) is 5.32 Å². The molecule has 0 aromatic rings. The third-order valence-electron chi connectivity index (χ3n) is 1.53. The lowest BCUT2D eigenvalue weighted by atomic mass is 10.1. The average molecular weight is 229 g/mol. The molecule has 0 radical (unpaired) electrons. The summed E-state index contributed by atoms with van der Waals surface area (Å²) in [5.74, 6) is -1.05. The number of ether oxygens (including phenoxy) is 1. The predicted octanol–water partition coefficient (Wildman–Crippen LogP) is 1.79. The Labute approximate surface area is 95.5 Å². The van der Waals surface area contributed by atoms with Crippen molar-refractivity contribution in [2.75, 3.05) is 6.54 Å². The second-order valence-electron chi connectivity index (χ2n) is 4.56. The van der Waals surface area contributed by atoms with Crippen molar-refractivity contribution >= 4 is 12.1 Å². The third kappa shape index (κ3) is 9.05. The fourth-order valence-corrected chi connectivity index (χ4v) is 0.873. The molecule has 0 aliphatic rings. The molecule has 16 heavy (non-hydrogen) atoms. The van der Waals surface area contributed by atoms with Gasteiger partial charge in [-0.2, -0.15) is 0 Å². The Bertz CT molecular complexity index is 278. The fraction of sp³-hybridized carbons (Fsp3) is 0.636. The summed E-state index contributed by atoms with van der Waals surface area (Å²) in [6.07, 6.45) is 2.07. The number of rotatable bonds is 4. The SMILES string of the molecule is C[C@H](/C=C/C(=O)O)CNC(=O)OC(C)(C)C. The zero-order chi connectivity index (χ0) is 12.8. The molecule has 0 aromatic carbocycles. The largest absolute Gasteiger partial charge is 0.478 e. The maximum Gasteiger partial charge on any atom is 0.407 e. The first kappa shape index (κ1) is 14.5. The molecule has 0 rings (SSSR count). The van der Waals surface area contributed by atoms with E-state index in [-0.39, 0.29) is 5.92 Å². The van der Waals surface area contributed by atoms with Gasteiger partial charge in [0.1, 0.15) is 5.60 Å².